The lowest BCUT2D eigenvalue weighted by molar-refractivity contribution is 0.461. The van der Waals surface area contributed by atoms with Crippen LogP contribution in [0.2, 0.25) is 0 Å². The number of hydrogen-bond donors (Lipinski definition) is 0. The van der Waals surface area contributed by atoms with E-state index in [2.05, 4.69) is 16.8 Å². The maximum Gasteiger partial charge on any atom is 0.312 e. The van der Waals surface area contributed by atoms with Gasteiger partial charge in [-0.3, -0.25) is 0 Å². The highest BCUT2D eigenvalue weighted by molar-refractivity contribution is 8.00. The van der Waals surface area contributed by atoms with Gasteiger partial charge in [-0.15, -0.1) is 3.63 Å². The average Bonchev–Trinajstić information content (AvgIpc) is 2.52. The molecule has 0 saturated carbocycles. The smallest absolute Gasteiger partial charge is 0.193 e. The van der Waals surface area contributed by atoms with Crippen LogP contribution in [0.3, 0.4) is 0 Å². The van der Waals surface area contributed by atoms with Crippen LogP contribution in [0.25, 0.3) is 12.2 Å². The number of hydrogen-bond acceptors (Lipinski definition) is 5. The lowest BCUT2D eigenvalue weighted by Gasteiger charge is -2.11. The normalized spacial score (nSPS) is 11.9. The van der Waals surface area contributed by atoms with Crippen molar-refractivity contribution in [2.24, 2.45) is 0 Å². The van der Waals surface area contributed by atoms with Gasteiger partial charge in [0.2, 0.25) is 0 Å². The Labute approximate surface area is 148 Å². The molecular formula is C18H18O5S2. The van der Waals surface area contributed by atoms with E-state index in [0.29, 0.717) is 0 Å². The van der Waals surface area contributed by atoms with Gasteiger partial charge in [0, 0.05) is 0 Å². The predicted molar refractivity (Wildman–Crippen MR) is 98.0 cm³/mol. The SMILES string of the molecule is C=Cc1cc(C)ccc1S(=O)(=O)OS(=O)(=O)c1ccc(C)cc1C=C. The molecule has 0 aliphatic heterocycles. The van der Waals surface area contributed by atoms with Gasteiger partial charge in [0.15, 0.2) is 0 Å². The van der Waals surface area contributed by atoms with Crippen molar-refractivity contribution >= 4 is 32.4 Å². The van der Waals surface area contributed by atoms with Gasteiger partial charge >= 0.3 is 20.2 Å². The van der Waals surface area contributed by atoms with E-state index >= 15 is 0 Å². The first kappa shape index (κ1) is 19.1. The molecule has 0 radical (unpaired) electrons. The molecule has 25 heavy (non-hydrogen) atoms. The second kappa shape index (κ2) is 6.95. The largest absolute Gasteiger partial charge is 0.312 e. The molecule has 0 bridgehead atoms. The molecule has 2 aromatic rings. The van der Waals surface area contributed by atoms with Gasteiger partial charge in [-0.1, -0.05) is 60.7 Å². The first-order valence-electron chi connectivity index (χ1n) is 7.28. The molecule has 0 N–H and O–H groups in total. The molecule has 132 valence electrons. The summed E-state index contributed by atoms with van der Waals surface area (Å²) in [7, 11) is -9.11. The zero-order valence-corrected chi connectivity index (χ0v) is 15.5. The summed E-state index contributed by atoms with van der Waals surface area (Å²) in [5.41, 5.74) is 2.15. The molecule has 2 rings (SSSR count). The van der Waals surface area contributed by atoms with E-state index in [0.717, 1.165) is 11.1 Å². The zero-order chi connectivity index (χ0) is 18.8. The molecule has 0 aliphatic rings. The van der Waals surface area contributed by atoms with Crippen LogP contribution in [0.5, 0.6) is 0 Å². The third-order valence-corrected chi connectivity index (χ3v) is 6.74. The van der Waals surface area contributed by atoms with Crippen LogP contribution < -0.4 is 0 Å². The van der Waals surface area contributed by atoms with Crippen molar-refractivity contribution in [2.75, 3.05) is 0 Å². The van der Waals surface area contributed by atoms with Gasteiger partial charge in [0.25, 0.3) is 0 Å². The van der Waals surface area contributed by atoms with Crippen LogP contribution in [-0.4, -0.2) is 16.8 Å². The van der Waals surface area contributed by atoms with Crippen LogP contribution in [0.1, 0.15) is 22.3 Å². The van der Waals surface area contributed by atoms with Crippen LogP contribution in [0.4, 0.5) is 0 Å². The highest BCUT2D eigenvalue weighted by Crippen LogP contribution is 2.27. The second-order valence-electron chi connectivity index (χ2n) is 5.47. The molecular weight excluding hydrogens is 360 g/mol. The minimum atomic E-state index is -4.55. The van der Waals surface area contributed by atoms with Crippen molar-refractivity contribution in [1.29, 1.82) is 0 Å². The average molecular weight is 378 g/mol. The standard InChI is InChI=1S/C18H18O5S2/c1-5-15-11-13(3)7-9-17(15)24(19,20)23-25(21,22)18-10-8-14(4)12-16(18)6-2/h5-12H,1-2H2,3-4H3. The van der Waals surface area contributed by atoms with E-state index in [1.165, 1.54) is 24.3 Å². The van der Waals surface area contributed by atoms with Crippen LogP contribution in [0, 0.1) is 13.8 Å². The topological polar surface area (TPSA) is 77.5 Å². The minimum absolute atomic E-state index is 0.260. The summed E-state index contributed by atoms with van der Waals surface area (Å²) in [6.45, 7) is 10.7. The number of benzene rings is 2. The van der Waals surface area contributed by atoms with Gasteiger partial charge in [0.1, 0.15) is 9.79 Å². The monoisotopic (exact) mass is 378 g/mol. The maximum atomic E-state index is 12.5. The Morgan fingerprint density at radius 1 is 0.760 bits per heavy atom. The summed E-state index contributed by atoms with van der Waals surface area (Å²) < 4.78 is 54.6. The molecule has 5 nitrogen and oxygen atoms in total. The Balaban J connectivity index is 2.54. The Bertz CT molecular complexity index is 963. The molecule has 0 atom stereocenters. The van der Waals surface area contributed by atoms with Crippen molar-refractivity contribution in [1.82, 2.24) is 0 Å². The van der Waals surface area contributed by atoms with E-state index in [9.17, 15) is 16.8 Å². The van der Waals surface area contributed by atoms with Gasteiger partial charge in [-0.05, 0) is 37.1 Å². The Morgan fingerprint density at radius 2 is 1.12 bits per heavy atom. The molecule has 0 aromatic heterocycles. The van der Waals surface area contributed by atoms with Crippen molar-refractivity contribution in [3.8, 4) is 0 Å². The summed E-state index contributed by atoms with van der Waals surface area (Å²) in [6.07, 6.45) is 2.66. The maximum absolute atomic E-state index is 12.5. The first-order chi connectivity index (χ1) is 11.6. The van der Waals surface area contributed by atoms with E-state index < -0.39 is 20.2 Å². The van der Waals surface area contributed by atoms with Crippen molar-refractivity contribution < 1.29 is 20.5 Å². The fraction of sp³-hybridized carbons (Fsp3) is 0.111. The van der Waals surface area contributed by atoms with Crippen molar-refractivity contribution in [2.45, 2.75) is 23.6 Å². The van der Waals surface area contributed by atoms with E-state index in [1.54, 1.807) is 38.1 Å². The lowest BCUT2D eigenvalue weighted by atomic mass is 10.1. The fourth-order valence-corrected chi connectivity index (χ4v) is 5.16. The summed E-state index contributed by atoms with van der Waals surface area (Å²) in [5, 5.41) is 0. The Kier molecular flexibility index (Phi) is 5.31. The summed E-state index contributed by atoms with van der Waals surface area (Å²) in [4.78, 5) is -0.520. The van der Waals surface area contributed by atoms with E-state index in [1.807, 2.05) is 0 Å². The van der Waals surface area contributed by atoms with E-state index in [4.69, 9.17) is 0 Å². The van der Waals surface area contributed by atoms with Crippen molar-refractivity contribution in [3.05, 3.63) is 71.8 Å². The Hall–Kier alpha value is -2.22. The second-order valence-corrected chi connectivity index (χ2v) is 8.71. The zero-order valence-electron chi connectivity index (χ0n) is 13.9. The summed E-state index contributed by atoms with van der Waals surface area (Å²) in [5.74, 6) is 0. The number of rotatable bonds is 6. The van der Waals surface area contributed by atoms with Crippen molar-refractivity contribution in [3.63, 3.8) is 0 Å². The highest BCUT2D eigenvalue weighted by Gasteiger charge is 2.29. The van der Waals surface area contributed by atoms with Gasteiger partial charge in [0.05, 0.1) is 0 Å². The molecule has 0 unspecified atom stereocenters. The van der Waals surface area contributed by atoms with Crippen LogP contribution >= 0.6 is 0 Å². The summed E-state index contributed by atoms with van der Waals surface area (Å²) >= 11 is 0. The Morgan fingerprint density at radius 3 is 1.44 bits per heavy atom. The minimum Gasteiger partial charge on any atom is -0.193 e. The van der Waals surface area contributed by atoms with Gasteiger partial charge in [-0.25, -0.2) is 0 Å². The molecule has 0 saturated heterocycles. The molecule has 2 aromatic carbocycles. The molecule has 0 fully saturated rings. The molecule has 0 spiro atoms. The summed E-state index contributed by atoms with van der Waals surface area (Å²) in [6, 6.07) is 8.85. The fourth-order valence-electron chi connectivity index (χ4n) is 2.30. The van der Waals surface area contributed by atoms with Crippen LogP contribution in [0.15, 0.2) is 59.3 Å². The number of aryl methyl sites for hydroxylation is 2. The van der Waals surface area contributed by atoms with Crippen LogP contribution in [-0.2, 0) is 23.9 Å². The highest BCUT2D eigenvalue weighted by atomic mass is 32.3. The van der Waals surface area contributed by atoms with E-state index in [-0.39, 0.29) is 20.9 Å². The lowest BCUT2D eigenvalue weighted by Crippen LogP contribution is -2.16. The third-order valence-electron chi connectivity index (χ3n) is 3.49. The molecule has 0 amide bonds. The molecule has 0 heterocycles. The van der Waals surface area contributed by atoms with Gasteiger partial charge < -0.3 is 0 Å². The van der Waals surface area contributed by atoms with Gasteiger partial charge in [-0.2, -0.15) is 16.8 Å². The third kappa shape index (κ3) is 4.07. The first-order valence-corrected chi connectivity index (χ1v) is 10.1. The predicted octanol–water partition coefficient (Wildman–Crippen LogP) is 3.68. The molecule has 7 heteroatoms. The quantitative estimate of drug-likeness (QED) is 0.766. The molecule has 0 aliphatic carbocycles.